The van der Waals surface area contributed by atoms with Crippen LogP contribution in [0.15, 0.2) is 95.6 Å². The van der Waals surface area contributed by atoms with E-state index in [2.05, 4.69) is 97.5 Å². The Bertz CT molecular complexity index is 2040. The molecular formula is C47H52. The summed E-state index contributed by atoms with van der Waals surface area (Å²) in [7, 11) is 0. The van der Waals surface area contributed by atoms with Crippen molar-refractivity contribution in [1.82, 2.24) is 0 Å². The van der Waals surface area contributed by atoms with Gasteiger partial charge in [0.05, 0.1) is 0 Å². The maximum absolute atomic E-state index is 5.05. The van der Waals surface area contributed by atoms with E-state index in [-0.39, 0.29) is 16.2 Å². The molecule has 3 aromatic rings. The lowest BCUT2D eigenvalue weighted by molar-refractivity contribution is 0.0544. The first-order chi connectivity index (χ1) is 22.3. The van der Waals surface area contributed by atoms with Crippen LogP contribution in [0.1, 0.15) is 106 Å². The summed E-state index contributed by atoms with van der Waals surface area (Å²) >= 11 is 0. The number of aryl methyl sites for hydroxylation is 4. The smallest absolute Gasteiger partial charge is 0.0194 e. The van der Waals surface area contributed by atoms with Gasteiger partial charge < -0.3 is 0 Å². The average molecular weight is 617 g/mol. The minimum atomic E-state index is -0.148. The third kappa shape index (κ3) is 4.12. The van der Waals surface area contributed by atoms with Gasteiger partial charge in [0.25, 0.3) is 0 Å². The minimum Gasteiger partial charge on any atom is -0.0955 e. The standard InChI is InChI=1S/C47H52/c1-27(2)42-28(3)24-46(9)26-45(8)25-41-40(38-20-18-34-14-12-16-36(34)22-38)23-39(37-19-17-33-13-11-15-35(33)21-37)29(4)43(41)30(5)44(45)32(7)47(46,10)31(42)6/h17-23H,1,5-6,11-16,24-26H2,2-4,7-10H3/t45-,46+,47-/m1/s1. The summed E-state index contributed by atoms with van der Waals surface area (Å²) in [5.41, 5.74) is 25.3. The van der Waals surface area contributed by atoms with Crippen molar-refractivity contribution in [2.45, 2.75) is 106 Å². The van der Waals surface area contributed by atoms with Crippen LogP contribution in [0.5, 0.6) is 0 Å². The van der Waals surface area contributed by atoms with Crippen molar-refractivity contribution in [3.63, 3.8) is 0 Å². The molecule has 5 aliphatic carbocycles. The molecule has 0 nitrogen and oxygen atoms in total. The molecule has 0 saturated heterocycles. The van der Waals surface area contributed by atoms with Gasteiger partial charge in [0, 0.05) is 5.41 Å². The Morgan fingerprint density at radius 3 is 1.89 bits per heavy atom. The van der Waals surface area contributed by atoms with Crippen LogP contribution in [-0.4, -0.2) is 0 Å². The van der Waals surface area contributed by atoms with Crippen molar-refractivity contribution >= 4 is 5.57 Å². The van der Waals surface area contributed by atoms with Crippen LogP contribution in [-0.2, 0) is 32.1 Å². The van der Waals surface area contributed by atoms with Gasteiger partial charge >= 0.3 is 0 Å². The van der Waals surface area contributed by atoms with Crippen LogP contribution in [0.2, 0.25) is 0 Å². The molecule has 0 fully saturated rings. The summed E-state index contributed by atoms with van der Waals surface area (Å²) < 4.78 is 0. The Hall–Kier alpha value is -3.64. The molecule has 0 bridgehead atoms. The van der Waals surface area contributed by atoms with E-state index in [0.717, 1.165) is 24.8 Å². The fraction of sp³-hybridized carbons (Fsp3) is 0.404. The molecular weight excluding hydrogens is 565 g/mol. The third-order valence-electron chi connectivity index (χ3n) is 13.8. The van der Waals surface area contributed by atoms with Gasteiger partial charge in [-0.05, 0) is 186 Å². The van der Waals surface area contributed by atoms with E-state index in [0.29, 0.717) is 0 Å². The van der Waals surface area contributed by atoms with E-state index >= 15 is 0 Å². The Morgan fingerprint density at radius 1 is 0.723 bits per heavy atom. The number of allylic oxidation sites excluding steroid dienone is 7. The first-order valence-corrected chi connectivity index (χ1v) is 18.1. The van der Waals surface area contributed by atoms with Gasteiger partial charge in [0.1, 0.15) is 0 Å². The predicted octanol–water partition coefficient (Wildman–Crippen LogP) is 12.5. The Labute approximate surface area is 284 Å². The van der Waals surface area contributed by atoms with Gasteiger partial charge in [0.15, 0.2) is 0 Å². The lowest BCUT2D eigenvalue weighted by atomic mass is 9.41. The predicted molar refractivity (Wildman–Crippen MR) is 202 cm³/mol. The second-order valence-corrected chi connectivity index (χ2v) is 16.8. The van der Waals surface area contributed by atoms with Crippen LogP contribution in [0, 0.1) is 23.2 Å². The molecule has 0 N–H and O–H groups in total. The topological polar surface area (TPSA) is 0 Å². The molecule has 0 heterocycles. The number of rotatable bonds is 3. The second-order valence-electron chi connectivity index (χ2n) is 16.8. The highest BCUT2D eigenvalue weighted by Gasteiger charge is 2.60. The fourth-order valence-corrected chi connectivity index (χ4v) is 11.6. The van der Waals surface area contributed by atoms with Crippen molar-refractivity contribution in [3.05, 3.63) is 135 Å². The summed E-state index contributed by atoms with van der Waals surface area (Å²) in [6, 6.07) is 17.2. The van der Waals surface area contributed by atoms with Gasteiger partial charge in [-0.25, -0.2) is 0 Å². The molecule has 0 aromatic heterocycles. The zero-order valence-corrected chi connectivity index (χ0v) is 30.0. The first kappa shape index (κ1) is 30.7. The van der Waals surface area contributed by atoms with Crippen LogP contribution < -0.4 is 0 Å². The summed E-state index contributed by atoms with van der Waals surface area (Å²) in [4.78, 5) is 0. The fourth-order valence-electron chi connectivity index (χ4n) is 11.6. The van der Waals surface area contributed by atoms with Crippen LogP contribution >= 0.6 is 0 Å². The average Bonchev–Trinajstić information content (AvgIpc) is 3.67. The summed E-state index contributed by atoms with van der Waals surface area (Å²) in [5.74, 6) is 0. The second kappa shape index (κ2) is 10.2. The van der Waals surface area contributed by atoms with Crippen molar-refractivity contribution < 1.29 is 0 Å². The Balaban J connectivity index is 1.38. The maximum atomic E-state index is 5.05. The number of fused-ring (bicyclic) bond motifs is 5. The van der Waals surface area contributed by atoms with Gasteiger partial charge in [0.2, 0.25) is 0 Å². The highest BCUT2D eigenvalue weighted by Crippen LogP contribution is 2.70. The van der Waals surface area contributed by atoms with E-state index in [1.807, 2.05) is 0 Å². The van der Waals surface area contributed by atoms with E-state index in [4.69, 9.17) is 13.2 Å². The Morgan fingerprint density at radius 2 is 1.30 bits per heavy atom. The van der Waals surface area contributed by atoms with Crippen molar-refractivity contribution in [2.75, 3.05) is 0 Å². The van der Waals surface area contributed by atoms with E-state index in [9.17, 15) is 0 Å². The van der Waals surface area contributed by atoms with E-state index < -0.39 is 0 Å². The molecule has 0 aliphatic heterocycles. The molecule has 0 radical (unpaired) electrons. The summed E-state index contributed by atoms with van der Waals surface area (Å²) in [5, 5.41) is 0. The molecule has 0 saturated carbocycles. The minimum absolute atomic E-state index is 0.00326. The number of benzene rings is 3. The Kier molecular flexibility index (Phi) is 6.65. The molecule has 0 spiro atoms. The lowest BCUT2D eigenvalue weighted by Crippen LogP contribution is -2.52. The quantitative estimate of drug-likeness (QED) is 0.275. The molecule has 3 atom stereocenters. The SMILES string of the molecule is C=C(C)C1=C(C)C[C@@]2(C)C[C@@]3(C)Cc4c(-c5ccc6c(c5)CCC6)cc(-c5ccc6c(c5)CCC6)c(C)c4C(=C)C3=C(C)[C@@]2(C)C1=C. The molecule has 0 heteroatoms. The highest BCUT2D eigenvalue weighted by molar-refractivity contribution is 5.94. The summed E-state index contributed by atoms with van der Waals surface area (Å²) in [6.45, 7) is 31.2. The zero-order chi connectivity index (χ0) is 33.2. The van der Waals surface area contributed by atoms with Crippen LogP contribution in [0.25, 0.3) is 27.8 Å². The largest absolute Gasteiger partial charge is 0.0955 e. The van der Waals surface area contributed by atoms with Crippen molar-refractivity contribution in [2.24, 2.45) is 16.2 Å². The normalized spacial score (nSPS) is 27.8. The van der Waals surface area contributed by atoms with Crippen molar-refractivity contribution in [1.29, 1.82) is 0 Å². The van der Waals surface area contributed by atoms with Gasteiger partial charge in [-0.3, -0.25) is 0 Å². The molecule has 240 valence electrons. The van der Waals surface area contributed by atoms with Crippen molar-refractivity contribution in [3.8, 4) is 22.3 Å². The number of hydrogen-bond donors (Lipinski definition) is 0. The monoisotopic (exact) mass is 616 g/mol. The van der Waals surface area contributed by atoms with Crippen LogP contribution in [0.4, 0.5) is 0 Å². The molecule has 47 heavy (non-hydrogen) atoms. The maximum Gasteiger partial charge on any atom is 0.0194 e. The van der Waals surface area contributed by atoms with E-state index in [1.165, 1.54) is 122 Å². The zero-order valence-electron chi connectivity index (χ0n) is 30.0. The molecule has 5 aliphatic rings. The van der Waals surface area contributed by atoms with Crippen LogP contribution in [0.3, 0.4) is 0 Å². The first-order valence-electron chi connectivity index (χ1n) is 18.1. The lowest BCUT2D eigenvalue weighted by Gasteiger charge is -2.62. The van der Waals surface area contributed by atoms with Gasteiger partial charge in [-0.1, -0.05) is 93.6 Å². The molecule has 0 amide bonds. The van der Waals surface area contributed by atoms with E-state index in [1.54, 1.807) is 11.1 Å². The summed E-state index contributed by atoms with van der Waals surface area (Å²) in [6.07, 6.45) is 10.6. The third-order valence-corrected chi connectivity index (χ3v) is 13.8. The molecule has 3 aromatic carbocycles. The molecule has 8 rings (SSSR count). The van der Waals surface area contributed by atoms with Gasteiger partial charge in [-0.15, -0.1) is 0 Å². The highest BCUT2D eigenvalue weighted by atomic mass is 14.6. The van der Waals surface area contributed by atoms with Gasteiger partial charge in [-0.2, -0.15) is 0 Å². The number of hydrogen-bond acceptors (Lipinski definition) is 0. The molecule has 0 unspecified atom stereocenters.